The van der Waals surface area contributed by atoms with E-state index in [2.05, 4.69) is 5.32 Å². The number of hydrogen-bond acceptors (Lipinski definition) is 2. The largest absolute Gasteiger partial charge is 0.354 e. The zero-order chi connectivity index (χ0) is 20.2. The number of benzene rings is 2. The molecule has 1 aliphatic carbocycles. The van der Waals surface area contributed by atoms with E-state index in [4.69, 9.17) is 0 Å². The Morgan fingerprint density at radius 1 is 1.03 bits per heavy atom. The van der Waals surface area contributed by atoms with E-state index in [1.54, 1.807) is 6.07 Å². The molecule has 4 nitrogen and oxygen atoms in total. The Labute approximate surface area is 171 Å². The molecule has 0 aromatic heterocycles. The molecular formula is C24H27FN2O2. The molecule has 4 rings (SSSR count). The maximum Gasteiger partial charge on any atom is 0.254 e. The summed E-state index contributed by atoms with van der Waals surface area (Å²) in [6.45, 7) is 0.432. The van der Waals surface area contributed by atoms with Crippen molar-refractivity contribution in [2.75, 3.05) is 6.54 Å². The highest BCUT2D eigenvalue weighted by Gasteiger charge is 2.47. The van der Waals surface area contributed by atoms with Gasteiger partial charge in [0.1, 0.15) is 11.9 Å². The zero-order valence-electron chi connectivity index (χ0n) is 16.5. The maximum atomic E-state index is 13.3. The van der Waals surface area contributed by atoms with Crippen LogP contribution in [0, 0.1) is 11.7 Å². The van der Waals surface area contributed by atoms with Crippen molar-refractivity contribution in [2.24, 2.45) is 5.92 Å². The molecular weight excluding hydrogens is 367 g/mol. The third-order valence-corrected chi connectivity index (χ3v) is 6.25. The van der Waals surface area contributed by atoms with Gasteiger partial charge in [0.25, 0.3) is 5.91 Å². The Hall–Kier alpha value is -2.69. The van der Waals surface area contributed by atoms with Crippen molar-refractivity contribution in [2.45, 2.75) is 50.6 Å². The molecule has 1 saturated heterocycles. The average molecular weight is 394 g/mol. The number of nitrogens with one attached hydrogen (secondary N) is 1. The molecule has 0 spiro atoms. The maximum absolute atomic E-state index is 13.3. The number of nitrogens with zero attached hydrogens (tertiary/aromatic N) is 1. The normalized spacial score (nSPS) is 23.5. The molecule has 2 aromatic rings. The fourth-order valence-corrected chi connectivity index (χ4v) is 4.86. The first-order chi connectivity index (χ1) is 14.1. The second-order valence-corrected chi connectivity index (χ2v) is 8.11. The van der Waals surface area contributed by atoms with E-state index in [0.717, 1.165) is 31.2 Å². The number of rotatable bonds is 5. The molecule has 1 heterocycles. The molecule has 1 N–H and O–H groups in total. The van der Waals surface area contributed by atoms with Crippen molar-refractivity contribution in [1.29, 1.82) is 0 Å². The van der Waals surface area contributed by atoms with Crippen LogP contribution >= 0.6 is 0 Å². The van der Waals surface area contributed by atoms with Crippen LogP contribution in [0.15, 0.2) is 54.6 Å². The van der Waals surface area contributed by atoms with Crippen molar-refractivity contribution in [3.8, 4) is 0 Å². The molecule has 2 amide bonds. The van der Waals surface area contributed by atoms with Crippen molar-refractivity contribution in [3.05, 3.63) is 71.5 Å². The summed E-state index contributed by atoms with van der Waals surface area (Å²) in [5.41, 5.74) is 1.49. The molecule has 0 radical (unpaired) electrons. The van der Waals surface area contributed by atoms with E-state index in [1.807, 2.05) is 41.3 Å². The highest BCUT2D eigenvalue weighted by atomic mass is 19.1. The van der Waals surface area contributed by atoms with Crippen LogP contribution in [0.4, 0.5) is 4.39 Å². The van der Waals surface area contributed by atoms with Gasteiger partial charge in [-0.15, -0.1) is 0 Å². The topological polar surface area (TPSA) is 49.4 Å². The van der Waals surface area contributed by atoms with Crippen molar-refractivity contribution < 1.29 is 14.0 Å². The van der Waals surface area contributed by atoms with Gasteiger partial charge in [0.2, 0.25) is 5.91 Å². The van der Waals surface area contributed by atoms with Gasteiger partial charge in [0, 0.05) is 18.2 Å². The minimum atomic E-state index is -0.427. The summed E-state index contributed by atoms with van der Waals surface area (Å²) < 4.78 is 13.3. The minimum Gasteiger partial charge on any atom is -0.354 e. The van der Waals surface area contributed by atoms with Crippen LogP contribution in [-0.2, 0) is 11.2 Å². The first-order valence-electron chi connectivity index (χ1n) is 10.5. The summed E-state index contributed by atoms with van der Waals surface area (Å²) in [6.07, 6.45) is 5.62. The second-order valence-electron chi connectivity index (χ2n) is 8.11. The van der Waals surface area contributed by atoms with Gasteiger partial charge in [-0.1, -0.05) is 43.2 Å². The minimum absolute atomic E-state index is 0.0507. The third-order valence-electron chi connectivity index (χ3n) is 6.25. The Kier molecular flexibility index (Phi) is 5.93. The van der Waals surface area contributed by atoms with Crippen LogP contribution in [0.1, 0.15) is 48.0 Å². The second kappa shape index (κ2) is 8.76. The summed E-state index contributed by atoms with van der Waals surface area (Å²) in [5.74, 6) is -0.0194. The van der Waals surface area contributed by atoms with E-state index >= 15 is 0 Å². The van der Waals surface area contributed by atoms with Gasteiger partial charge in [0.15, 0.2) is 0 Å². The van der Waals surface area contributed by atoms with E-state index < -0.39 is 6.04 Å². The van der Waals surface area contributed by atoms with Crippen LogP contribution in [0.5, 0.6) is 0 Å². The average Bonchev–Trinajstić information content (AvgIpc) is 3.13. The number of halogens is 1. The number of amides is 2. The van der Waals surface area contributed by atoms with Crippen molar-refractivity contribution in [3.63, 3.8) is 0 Å². The van der Waals surface area contributed by atoms with E-state index in [9.17, 15) is 14.0 Å². The number of carbonyl (C=O) groups is 2. The van der Waals surface area contributed by atoms with Crippen LogP contribution in [-0.4, -0.2) is 35.3 Å². The quantitative estimate of drug-likeness (QED) is 0.835. The van der Waals surface area contributed by atoms with Crippen LogP contribution in [0.3, 0.4) is 0 Å². The summed E-state index contributed by atoms with van der Waals surface area (Å²) in [6, 6.07) is 15.4. The van der Waals surface area contributed by atoms with Crippen molar-refractivity contribution in [1.82, 2.24) is 10.2 Å². The van der Waals surface area contributed by atoms with Gasteiger partial charge in [-0.3, -0.25) is 9.59 Å². The lowest BCUT2D eigenvalue weighted by Gasteiger charge is -2.33. The van der Waals surface area contributed by atoms with E-state index in [0.29, 0.717) is 24.4 Å². The van der Waals surface area contributed by atoms with E-state index in [1.165, 1.54) is 18.6 Å². The van der Waals surface area contributed by atoms with Crippen LogP contribution < -0.4 is 5.32 Å². The highest BCUT2D eigenvalue weighted by molar-refractivity contribution is 5.98. The molecule has 3 atom stereocenters. The lowest BCUT2D eigenvalue weighted by molar-refractivity contribution is -0.125. The van der Waals surface area contributed by atoms with Crippen LogP contribution in [0.25, 0.3) is 0 Å². The predicted octanol–water partition coefficient (Wildman–Crippen LogP) is 3.96. The van der Waals surface area contributed by atoms with Gasteiger partial charge in [0.05, 0.1) is 0 Å². The summed E-state index contributed by atoms with van der Waals surface area (Å²) in [5, 5.41) is 2.98. The van der Waals surface area contributed by atoms with Gasteiger partial charge in [-0.25, -0.2) is 4.39 Å². The molecule has 2 fully saturated rings. The van der Waals surface area contributed by atoms with Crippen molar-refractivity contribution >= 4 is 11.8 Å². The highest BCUT2D eigenvalue weighted by Crippen LogP contribution is 2.40. The monoisotopic (exact) mass is 394 g/mol. The number of likely N-dealkylation sites (tertiary alicyclic amines) is 1. The van der Waals surface area contributed by atoms with Gasteiger partial charge < -0.3 is 10.2 Å². The molecule has 0 bridgehead atoms. The predicted molar refractivity (Wildman–Crippen MR) is 110 cm³/mol. The Morgan fingerprint density at radius 2 is 1.83 bits per heavy atom. The SMILES string of the molecule is O=C(NCCc1cccc(F)c1)C1CC2CCCCC2N1C(=O)c1ccccc1. The molecule has 1 saturated carbocycles. The van der Waals surface area contributed by atoms with E-state index in [-0.39, 0.29) is 23.7 Å². The molecule has 5 heteroatoms. The summed E-state index contributed by atoms with van der Waals surface area (Å²) in [4.78, 5) is 28.1. The Bertz CT molecular complexity index is 870. The molecule has 29 heavy (non-hydrogen) atoms. The fraction of sp³-hybridized carbons (Fsp3) is 0.417. The van der Waals surface area contributed by atoms with Gasteiger partial charge >= 0.3 is 0 Å². The van der Waals surface area contributed by atoms with Gasteiger partial charge in [-0.2, -0.15) is 0 Å². The number of hydrogen-bond donors (Lipinski definition) is 1. The summed E-state index contributed by atoms with van der Waals surface area (Å²) >= 11 is 0. The van der Waals surface area contributed by atoms with Crippen LogP contribution in [0.2, 0.25) is 0 Å². The fourth-order valence-electron chi connectivity index (χ4n) is 4.86. The first kappa shape index (κ1) is 19.6. The smallest absolute Gasteiger partial charge is 0.254 e. The molecule has 1 aliphatic heterocycles. The first-order valence-corrected chi connectivity index (χ1v) is 10.5. The third kappa shape index (κ3) is 4.34. The molecule has 2 aliphatic rings. The molecule has 2 aromatic carbocycles. The lowest BCUT2D eigenvalue weighted by Crippen LogP contribution is -2.49. The standard InChI is InChI=1S/C24H27FN2O2/c25-20-11-6-7-17(15-20)13-14-26-23(28)22-16-19-10-4-5-12-21(19)27(22)24(29)18-8-2-1-3-9-18/h1-3,6-9,11,15,19,21-22H,4-5,10,12-14,16H2,(H,26,28). The Balaban J connectivity index is 1.46. The Morgan fingerprint density at radius 3 is 2.62 bits per heavy atom. The summed E-state index contributed by atoms with van der Waals surface area (Å²) in [7, 11) is 0. The lowest BCUT2D eigenvalue weighted by atomic mass is 9.84. The molecule has 3 unspecified atom stereocenters. The van der Waals surface area contributed by atoms with Gasteiger partial charge in [-0.05, 0) is 61.4 Å². The number of carbonyl (C=O) groups excluding carboxylic acids is 2. The zero-order valence-corrected chi connectivity index (χ0v) is 16.5. The molecule has 152 valence electrons. The number of fused-ring (bicyclic) bond motifs is 1.